The monoisotopic (exact) mass is 410 g/mol. The van der Waals surface area contributed by atoms with Crippen molar-refractivity contribution in [2.45, 2.75) is 38.4 Å². The average Bonchev–Trinajstić information content (AvgIpc) is 2.69. The Morgan fingerprint density at radius 2 is 1.76 bits per heavy atom. The standard InChI is InChI=1S/C24H26O4S/c1-4-10-20-13-8-9-14-21(20)24(3)18(2)15-16-22(29(25,26)27)23(24)28-17-19-11-6-5-7-12-19/h4-9,11-16,23H,1,10,17H2,2-3H3,(H,25,26,27). The van der Waals surface area contributed by atoms with E-state index >= 15 is 0 Å². The molecule has 0 amide bonds. The van der Waals surface area contributed by atoms with Crippen molar-refractivity contribution >= 4 is 10.1 Å². The van der Waals surface area contributed by atoms with Crippen LogP contribution in [0.15, 0.2) is 89.9 Å². The van der Waals surface area contributed by atoms with Gasteiger partial charge in [-0.15, -0.1) is 6.58 Å². The summed E-state index contributed by atoms with van der Waals surface area (Å²) in [5.41, 5.74) is 3.12. The number of ether oxygens (including phenoxy) is 1. The zero-order valence-corrected chi connectivity index (χ0v) is 17.5. The molecule has 2 atom stereocenters. The fourth-order valence-corrected chi connectivity index (χ4v) is 4.71. The van der Waals surface area contributed by atoms with Crippen LogP contribution in [0.2, 0.25) is 0 Å². The van der Waals surface area contributed by atoms with Gasteiger partial charge in [0, 0.05) is 5.41 Å². The Hall–Kier alpha value is -2.47. The second kappa shape index (κ2) is 8.49. The van der Waals surface area contributed by atoms with Crippen molar-refractivity contribution in [2.75, 3.05) is 0 Å². The summed E-state index contributed by atoms with van der Waals surface area (Å²) < 4.78 is 40.5. The summed E-state index contributed by atoms with van der Waals surface area (Å²) >= 11 is 0. The van der Waals surface area contributed by atoms with E-state index in [0.717, 1.165) is 22.3 Å². The zero-order valence-electron chi connectivity index (χ0n) is 16.7. The van der Waals surface area contributed by atoms with Crippen LogP contribution in [0.1, 0.15) is 30.5 Å². The third kappa shape index (κ3) is 4.27. The van der Waals surface area contributed by atoms with Crippen LogP contribution in [0.3, 0.4) is 0 Å². The number of hydrogen-bond acceptors (Lipinski definition) is 3. The van der Waals surface area contributed by atoms with Gasteiger partial charge in [0.2, 0.25) is 0 Å². The number of rotatable bonds is 7. The van der Waals surface area contributed by atoms with Crippen LogP contribution in [0.5, 0.6) is 0 Å². The van der Waals surface area contributed by atoms with Gasteiger partial charge in [0.05, 0.1) is 6.61 Å². The lowest BCUT2D eigenvalue weighted by molar-refractivity contribution is 0.0280. The Bertz CT molecular complexity index is 1050. The molecule has 0 bridgehead atoms. The summed E-state index contributed by atoms with van der Waals surface area (Å²) in [6, 6.07) is 17.4. The van der Waals surface area contributed by atoms with E-state index in [2.05, 4.69) is 6.58 Å². The van der Waals surface area contributed by atoms with Crippen LogP contribution in [-0.2, 0) is 33.3 Å². The SMILES string of the molecule is C=CCc1ccccc1C1(C)C(C)=CC=C(S(=O)(=O)O)C1OCc1ccccc1. The molecular formula is C24H26O4S. The van der Waals surface area contributed by atoms with Gasteiger partial charge in [0.15, 0.2) is 0 Å². The van der Waals surface area contributed by atoms with Crippen molar-refractivity contribution in [3.63, 3.8) is 0 Å². The van der Waals surface area contributed by atoms with Gasteiger partial charge in [-0.2, -0.15) is 8.42 Å². The molecule has 0 aliphatic heterocycles. The minimum Gasteiger partial charge on any atom is -0.367 e. The molecule has 0 radical (unpaired) electrons. The molecule has 0 heterocycles. The molecule has 2 aromatic carbocycles. The van der Waals surface area contributed by atoms with E-state index in [4.69, 9.17) is 4.74 Å². The van der Waals surface area contributed by atoms with Crippen LogP contribution in [0.4, 0.5) is 0 Å². The van der Waals surface area contributed by atoms with E-state index in [0.29, 0.717) is 6.42 Å². The molecule has 0 fully saturated rings. The Morgan fingerprint density at radius 3 is 2.41 bits per heavy atom. The van der Waals surface area contributed by atoms with Gasteiger partial charge in [-0.25, -0.2) is 0 Å². The Balaban J connectivity index is 2.12. The summed E-state index contributed by atoms with van der Waals surface area (Å²) in [5.74, 6) is 0. The largest absolute Gasteiger partial charge is 0.367 e. The lowest BCUT2D eigenvalue weighted by atomic mass is 9.68. The Kier molecular flexibility index (Phi) is 6.22. The molecule has 4 nitrogen and oxygen atoms in total. The lowest BCUT2D eigenvalue weighted by Crippen LogP contribution is -2.45. The molecule has 5 heteroatoms. The molecule has 1 aliphatic rings. The highest BCUT2D eigenvalue weighted by Crippen LogP contribution is 2.45. The number of hydrogen-bond donors (Lipinski definition) is 1. The zero-order chi connectivity index (χ0) is 21.1. The van der Waals surface area contributed by atoms with Crippen LogP contribution in [0, 0.1) is 0 Å². The van der Waals surface area contributed by atoms with Crippen molar-refractivity contribution in [3.8, 4) is 0 Å². The predicted octanol–water partition coefficient (Wildman–Crippen LogP) is 4.99. The van der Waals surface area contributed by atoms with Gasteiger partial charge in [-0.3, -0.25) is 4.55 Å². The molecule has 29 heavy (non-hydrogen) atoms. The van der Waals surface area contributed by atoms with Crippen molar-refractivity contribution < 1.29 is 17.7 Å². The van der Waals surface area contributed by atoms with Gasteiger partial charge in [-0.05, 0) is 43.0 Å². The minimum atomic E-state index is -4.44. The second-order valence-corrected chi connectivity index (χ2v) is 8.84. The summed E-state index contributed by atoms with van der Waals surface area (Å²) in [4.78, 5) is -0.130. The van der Waals surface area contributed by atoms with Crippen LogP contribution < -0.4 is 0 Å². The van der Waals surface area contributed by atoms with Crippen LogP contribution in [-0.4, -0.2) is 19.1 Å². The van der Waals surface area contributed by atoms with Gasteiger partial charge >= 0.3 is 0 Å². The van der Waals surface area contributed by atoms with Crippen LogP contribution in [0.25, 0.3) is 0 Å². The smallest absolute Gasteiger partial charge is 0.293 e. The van der Waals surface area contributed by atoms with Crippen molar-refractivity contribution in [2.24, 2.45) is 0 Å². The van der Waals surface area contributed by atoms with Crippen molar-refractivity contribution in [1.29, 1.82) is 0 Å². The molecule has 0 aromatic heterocycles. The summed E-state index contributed by atoms with van der Waals surface area (Å²) in [5, 5.41) is 0. The van der Waals surface area contributed by atoms with E-state index < -0.39 is 21.6 Å². The van der Waals surface area contributed by atoms with E-state index in [1.165, 1.54) is 6.08 Å². The third-order valence-electron chi connectivity index (χ3n) is 5.60. The average molecular weight is 411 g/mol. The third-order valence-corrected chi connectivity index (χ3v) is 6.54. The number of benzene rings is 2. The maximum Gasteiger partial charge on any atom is 0.293 e. The molecule has 0 saturated heterocycles. The molecule has 1 N–H and O–H groups in total. The van der Waals surface area contributed by atoms with Gasteiger partial charge in [0.25, 0.3) is 10.1 Å². The first-order chi connectivity index (χ1) is 13.8. The van der Waals surface area contributed by atoms with Gasteiger partial charge in [0.1, 0.15) is 11.0 Å². The van der Waals surface area contributed by atoms with Crippen molar-refractivity contribution in [3.05, 3.63) is 107 Å². The number of allylic oxidation sites excluding steroid dienone is 3. The fraction of sp³-hybridized carbons (Fsp3) is 0.250. The second-order valence-electron chi connectivity index (χ2n) is 7.42. The fourth-order valence-electron chi connectivity index (χ4n) is 3.90. The first-order valence-electron chi connectivity index (χ1n) is 9.49. The Labute approximate surface area is 173 Å². The van der Waals surface area contributed by atoms with E-state index in [9.17, 15) is 13.0 Å². The lowest BCUT2D eigenvalue weighted by Gasteiger charge is -2.42. The molecule has 0 spiro atoms. The van der Waals surface area contributed by atoms with Gasteiger partial charge in [-0.1, -0.05) is 72.3 Å². The highest BCUT2D eigenvalue weighted by Gasteiger charge is 2.46. The van der Waals surface area contributed by atoms with E-state index in [1.54, 1.807) is 6.08 Å². The van der Waals surface area contributed by atoms with Crippen molar-refractivity contribution in [1.82, 2.24) is 0 Å². The summed E-state index contributed by atoms with van der Waals surface area (Å²) in [6.45, 7) is 7.99. The maximum absolute atomic E-state index is 12.2. The molecule has 152 valence electrons. The highest BCUT2D eigenvalue weighted by atomic mass is 32.2. The maximum atomic E-state index is 12.2. The first-order valence-corrected chi connectivity index (χ1v) is 10.9. The Morgan fingerprint density at radius 1 is 1.10 bits per heavy atom. The highest BCUT2D eigenvalue weighted by molar-refractivity contribution is 7.89. The predicted molar refractivity (Wildman–Crippen MR) is 116 cm³/mol. The molecule has 1 aliphatic carbocycles. The molecule has 2 unspecified atom stereocenters. The summed E-state index contributed by atoms with van der Waals surface area (Å²) in [7, 11) is -4.44. The molecular weight excluding hydrogens is 384 g/mol. The quantitative estimate of drug-likeness (QED) is 0.516. The first kappa shape index (κ1) is 21.2. The molecule has 2 aromatic rings. The normalized spacial score (nSPS) is 22.0. The van der Waals surface area contributed by atoms with Crippen LogP contribution >= 0.6 is 0 Å². The van der Waals surface area contributed by atoms with E-state index in [1.807, 2.05) is 74.5 Å². The molecule has 0 saturated carbocycles. The van der Waals surface area contributed by atoms with Gasteiger partial charge < -0.3 is 4.74 Å². The molecule has 3 rings (SSSR count). The van der Waals surface area contributed by atoms with E-state index in [-0.39, 0.29) is 11.5 Å². The minimum absolute atomic E-state index is 0.130. The summed E-state index contributed by atoms with van der Waals surface area (Å²) in [6.07, 6.45) is 4.79. The topological polar surface area (TPSA) is 63.6 Å².